The summed E-state index contributed by atoms with van der Waals surface area (Å²) >= 11 is 12.6. The molecule has 0 N–H and O–H groups in total. The van der Waals surface area contributed by atoms with Crippen molar-refractivity contribution in [3.8, 4) is 0 Å². The van der Waals surface area contributed by atoms with Crippen molar-refractivity contribution in [1.29, 1.82) is 0 Å². The van der Waals surface area contributed by atoms with E-state index >= 15 is 0 Å². The van der Waals surface area contributed by atoms with Gasteiger partial charge in [0, 0.05) is 33.2 Å². The monoisotopic (exact) mass is 1490 g/mol. The van der Waals surface area contributed by atoms with Gasteiger partial charge in [0.2, 0.25) is 0 Å². The first kappa shape index (κ1) is 79.1. The zero-order valence-corrected chi connectivity index (χ0v) is 52.9. The van der Waals surface area contributed by atoms with Gasteiger partial charge in [-0.3, -0.25) is 26.8 Å². The molecule has 4 aromatic carbocycles. The molecular formula is C48H56Cl2F12INO14S6. The van der Waals surface area contributed by atoms with E-state index in [0.717, 1.165) is 40.3 Å². The maximum Gasteiger partial charge on any atom is 0.420 e. The molecule has 0 heterocycles. The van der Waals surface area contributed by atoms with Crippen LogP contribution >= 0.6 is 67.4 Å². The number of unbranched alkanes of at least 4 members (excludes halogenated alkanes) is 1. The maximum absolute atomic E-state index is 13.1. The maximum atomic E-state index is 13.1. The summed E-state index contributed by atoms with van der Waals surface area (Å²) in [5.74, 6) is -2.06. The summed E-state index contributed by atoms with van der Waals surface area (Å²) in [6.45, 7) is 5.19. The van der Waals surface area contributed by atoms with Crippen molar-refractivity contribution in [3.05, 3.63) is 141 Å². The van der Waals surface area contributed by atoms with Gasteiger partial charge in [0.05, 0.1) is 27.9 Å². The van der Waals surface area contributed by atoms with Gasteiger partial charge in [-0.15, -0.1) is 23.2 Å². The Bertz CT molecular complexity index is 2960. The van der Waals surface area contributed by atoms with Crippen LogP contribution in [0, 0.1) is 24.0 Å². The second kappa shape index (κ2) is 35.9. The number of nitro benzene ring substituents is 1. The first-order valence-corrected chi connectivity index (χ1v) is 35.3. The Morgan fingerprint density at radius 1 is 0.488 bits per heavy atom. The molecule has 84 heavy (non-hydrogen) atoms. The summed E-state index contributed by atoms with van der Waals surface area (Å²) in [4.78, 5) is 10.5. The fraction of sp³-hybridized carbons (Fsp3) is 0.500. The second-order valence-corrected chi connectivity index (χ2v) is 28.3. The normalized spacial score (nSPS) is 14.1. The van der Waals surface area contributed by atoms with Crippen LogP contribution in [0.3, 0.4) is 0 Å². The zero-order chi connectivity index (χ0) is 64.5. The van der Waals surface area contributed by atoms with E-state index in [2.05, 4.69) is 16.7 Å². The van der Waals surface area contributed by atoms with Crippen LogP contribution in [0.5, 0.6) is 0 Å². The molecule has 0 saturated carbocycles. The molecular weight excluding hydrogens is 1430 g/mol. The molecule has 0 aromatic heterocycles. The summed E-state index contributed by atoms with van der Waals surface area (Å²) in [6, 6.07) is 19.5. The van der Waals surface area contributed by atoms with Crippen molar-refractivity contribution < 1.29 is 108 Å². The van der Waals surface area contributed by atoms with Gasteiger partial charge in [-0.1, -0.05) is 129 Å². The van der Waals surface area contributed by atoms with Gasteiger partial charge in [0.15, 0.2) is 24.4 Å². The zero-order valence-electron chi connectivity index (χ0n) is 44.3. The summed E-state index contributed by atoms with van der Waals surface area (Å²) < 4.78 is 266. The Morgan fingerprint density at radius 2 is 0.750 bits per heavy atom. The third kappa shape index (κ3) is 31.3. The SMILES string of the molecule is CCCCS(=O)(=O)OC(c1ccc(SSC)cc1)C(F)(F)F.Cc1ccc(C(OS(=O)(=O)CCCCl)C(F)(F)F)cc1.Cc1ccc(C(OS(=O)(=O)CCCI)C(F)(F)F)cc1.O=[N+]([O-])c1ccc(C(OS(=O)(=O)CCCCl)C(F)(F)F)cc1. The van der Waals surface area contributed by atoms with E-state index in [1.807, 2.05) is 28.8 Å². The number of nitro groups is 1. The number of hydrogen-bond donors (Lipinski definition) is 0. The fourth-order valence-electron chi connectivity index (χ4n) is 6.04. The van der Waals surface area contributed by atoms with Crippen LogP contribution in [0.1, 0.15) is 96.8 Å². The van der Waals surface area contributed by atoms with Crippen LogP contribution in [-0.2, 0) is 57.2 Å². The minimum absolute atomic E-state index is 0.0301. The predicted molar refractivity (Wildman–Crippen MR) is 305 cm³/mol. The first-order chi connectivity index (χ1) is 38.6. The van der Waals surface area contributed by atoms with Gasteiger partial charge in [-0.05, 0) is 92.3 Å². The van der Waals surface area contributed by atoms with Crippen LogP contribution < -0.4 is 0 Å². The molecule has 0 aliphatic rings. The number of rotatable bonds is 27. The van der Waals surface area contributed by atoms with Gasteiger partial charge >= 0.3 is 24.7 Å². The number of non-ortho nitro benzene ring substituents is 1. The molecule has 0 aliphatic carbocycles. The Balaban J connectivity index is 0.000000561. The second-order valence-electron chi connectivity index (χ2n) is 17.1. The average Bonchev–Trinajstić information content (AvgIpc) is 3.26. The van der Waals surface area contributed by atoms with E-state index in [9.17, 15) is 96.5 Å². The van der Waals surface area contributed by atoms with Gasteiger partial charge in [0.25, 0.3) is 46.2 Å². The van der Waals surface area contributed by atoms with Crippen molar-refractivity contribution in [2.45, 2.75) is 107 Å². The number of hydrogen-bond acceptors (Lipinski definition) is 16. The molecule has 15 nitrogen and oxygen atoms in total. The van der Waals surface area contributed by atoms with Crippen LogP contribution in [0.25, 0.3) is 0 Å². The Labute approximate surface area is 510 Å². The molecule has 478 valence electrons. The Kier molecular flexibility index (Phi) is 33.8. The molecule has 0 bridgehead atoms. The Morgan fingerprint density at radius 3 is 0.988 bits per heavy atom. The van der Waals surface area contributed by atoms with Crippen LogP contribution in [0.2, 0.25) is 0 Å². The highest BCUT2D eigenvalue weighted by Gasteiger charge is 2.48. The lowest BCUT2D eigenvalue weighted by Crippen LogP contribution is -2.27. The molecule has 4 aromatic rings. The lowest BCUT2D eigenvalue weighted by molar-refractivity contribution is -0.384. The van der Waals surface area contributed by atoms with Crippen LogP contribution in [-0.4, -0.2) is 109 Å². The van der Waals surface area contributed by atoms with E-state index < -0.39 is 129 Å². The summed E-state index contributed by atoms with van der Waals surface area (Å²) in [6.07, 6.45) is -26.7. The third-order valence-corrected chi connectivity index (χ3v) is 18.1. The molecule has 0 radical (unpaired) electrons. The first-order valence-electron chi connectivity index (χ1n) is 23.8. The summed E-state index contributed by atoms with van der Waals surface area (Å²) in [5.41, 5.74) is -0.124. The van der Waals surface area contributed by atoms with Gasteiger partial charge < -0.3 is 0 Å². The molecule has 4 rings (SSSR count). The van der Waals surface area contributed by atoms with E-state index in [4.69, 9.17) is 23.2 Å². The quantitative estimate of drug-likeness (QED) is 0.0103. The van der Waals surface area contributed by atoms with E-state index in [0.29, 0.717) is 10.8 Å². The van der Waals surface area contributed by atoms with Gasteiger partial charge in [0.1, 0.15) is 0 Å². The smallest absolute Gasteiger partial charge is 0.258 e. The van der Waals surface area contributed by atoms with E-state index in [1.165, 1.54) is 94.4 Å². The molecule has 4 unspecified atom stereocenters. The van der Waals surface area contributed by atoms with Crippen molar-refractivity contribution >= 4 is 114 Å². The molecule has 0 aliphatic heterocycles. The van der Waals surface area contributed by atoms with Crippen LogP contribution in [0.15, 0.2) is 102 Å². The highest BCUT2D eigenvalue weighted by Crippen LogP contribution is 2.41. The standard InChI is InChI=1S/C13H17F3O3S3.C12H14ClF3O3S.C12H14F3IO3S.C11H11ClF3NO5S/c1-3-4-9-22(17,18)19-12(13(14,15)16)10-5-7-11(8-6-10)21-20-2;1-9-3-5-10(6-4-9)11(12(14,15)16)19-20(17,18)8-2-7-13;1-9-3-5-10(6-4-9)11(12(13,14)15)19-20(17,18)8-2-7-16;12-6-1-7-22(19,20)21-10(11(13,14)15)8-2-4-9(5-3-8)16(17)18/h5-8,12H,3-4,9H2,1-2H3;2*3-6,11H,2,7-8H2,1H3;2-5,10H,1,6-7H2. The van der Waals surface area contributed by atoms with Crippen LogP contribution in [0.4, 0.5) is 58.4 Å². The molecule has 0 fully saturated rings. The molecule has 0 amide bonds. The number of alkyl halides is 15. The van der Waals surface area contributed by atoms with Crippen molar-refractivity contribution in [1.82, 2.24) is 0 Å². The topological polar surface area (TPSA) is 217 Å². The number of halogens is 15. The molecule has 36 heteroatoms. The van der Waals surface area contributed by atoms with E-state index in [1.54, 1.807) is 20.8 Å². The van der Waals surface area contributed by atoms with Gasteiger partial charge in [-0.25, -0.2) is 0 Å². The van der Waals surface area contributed by atoms with Crippen molar-refractivity contribution in [2.24, 2.45) is 0 Å². The molecule has 0 spiro atoms. The summed E-state index contributed by atoms with van der Waals surface area (Å²) in [5, 5.41) is 10.5. The lowest BCUT2D eigenvalue weighted by atomic mass is 10.1. The van der Waals surface area contributed by atoms with Crippen molar-refractivity contribution in [3.63, 3.8) is 0 Å². The number of aryl methyl sites for hydroxylation is 2. The largest absolute Gasteiger partial charge is 0.420 e. The predicted octanol–water partition coefficient (Wildman–Crippen LogP) is 15.3. The lowest BCUT2D eigenvalue weighted by Gasteiger charge is -2.21. The number of benzene rings is 4. The summed E-state index contributed by atoms with van der Waals surface area (Å²) in [7, 11) is -14.3. The number of nitrogens with zero attached hydrogens (tertiary/aromatic N) is 1. The molecule has 0 saturated heterocycles. The highest BCUT2D eigenvalue weighted by atomic mass is 127. The average molecular weight is 1490 g/mol. The van der Waals surface area contributed by atoms with Crippen molar-refractivity contribution in [2.75, 3.05) is 45.5 Å². The highest BCUT2D eigenvalue weighted by molar-refractivity contribution is 14.1. The van der Waals surface area contributed by atoms with E-state index in [-0.39, 0.29) is 54.1 Å². The Hall–Kier alpha value is -2.91. The fourth-order valence-corrected chi connectivity index (χ4v) is 13.4. The minimum atomic E-state index is -5.00. The minimum Gasteiger partial charge on any atom is -0.258 e. The molecule has 4 atom stereocenters. The third-order valence-electron chi connectivity index (χ3n) is 10.0. The van der Waals surface area contributed by atoms with Gasteiger partial charge in [-0.2, -0.15) is 86.4 Å².